The van der Waals surface area contributed by atoms with Crippen LogP contribution in [0.5, 0.6) is 0 Å². The van der Waals surface area contributed by atoms with E-state index in [1.54, 1.807) is 23.1 Å². The fourth-order valence-corrected chi connectivity index (χ4v) is 3.00. The summed E-state index contributed by atoms with van der Waals surface area (Å²) in [6.45, 7) is -0.152. The second-order valence-electron chi connectivity index (χ2n) is 2.61. The van der Waals surface area contributed by atoms with Crippen LogP contribution in [0.2, 0.25) is 0 Å². The number of aliphatic hydroxyl groups is 2. The molecule has 13 heavy (non-hydrogen) atoms. The SMILES string of the molecule is OCC(O)CSCc1csc(Br)c1. The summed E-state index contributed by atoms with van der Waals surface area (Å²) in [5.74, 6) is 1.48. The van der Waals surface area contributed by atoms with Gasteiger partial charge in [0.1, 0.15) is 0 Å². The summed E-state index contributed by atoms with van der Waals surface area (Å²) < 4.78 is 1.13. The highest BCUT2D eigenvalue weighted by Crippen LogP contribution is 2.23. The third-order valence-electron chi connectivity index (χ3n) is 1.41. The average Bonchev–Trinajstić information content (AvgIpc) is 2.51. The summed E-state index contributed by atoms with van der Waals surface area (Å²) in [7, 11) is 0. The highest BCUT2D eigenvalue weighted by Gasteiger charge is 2.02. The van der Waals surface area contributed by atoms with Gasteiger partial charge in [-0.05, 0) is 32.9 Å². The van der Waals surface area contributed by atoms with Gasteiger partial charge in [0.15, 0.2) is 0 Å². The van der Waals surface area contributed by atoms with E-state index in [0.717, 1.165) is 9.54 Å². The van der Waals surface area contributed by atoms with Crippen LogP contribution in [-0.4, -0.2) is 28.7 Å². The van der Waals surface area contributed by atoms with Crippen LogP contribution in [0.15, 0.2) is 15.2 Å². The highest BCUT2D eigenvalue weighted by atomic mass is 79.9. The van der Waals surface area contributed by atoms with E-state index in [0.29, 0.717) is 5.75 Å². The van der Waals surface area contributed by atoms with E-state index in [9.17, 15) is 0 Å². The van der Waals surface area contributed by atoms with Gasteiger partial charge in [0.2, 0.25) is 0 Å². The quantitative estimate of drug-likeness (QED) is 0.869. The summed E-state index contributed by atoms with van der Waals surface area (Å²) in [4.78, 5) is 0. The number of thiophene rings is 1. The minimum absolute atomic E-state index is 0.152. The number of aliphatic hydroxyl groups excluding tert-OH is 2. The molecule has 1 aromatic heterocycles. The third-order valence-corrected chi connectivity index (χ3v) is 4.12. The smallest absolute Gasteiger partial charge is 0.0861 e. The molecule has 0 amide bonds. The molecule has 5 heteroatoms. The number of rotatable bonds is 5. The van der Waals surface area contributed by atoms with E-state index in [1.165, 1.54) is 5.56 Å². The molecule has 0 aliphatic rings. The van der Waals surface area contributed by atoms with Crippen molar-refractivity contribution in [3.05, 3.63) is 20.8 Å². The van der Waals surface area contributed by atoms with Crippen LogP contribution in [-0.2, 0) is 5.75 Å². The topological polar surface area (TPSA) is 40.5 Å². The van der Waals surface area contributed by atoms with Gasteiger partial charge in [-0.2, -0.15) is 11.8 Å². The van der Waals surface area contributed by atoms with Gasteiger partial charge in [-0.15, -0.1) is 11.3 Å². The van der Waals surface area contributed by atoms with Crippen molar-refractivity contribution in [2.24, 2.45) is 0 Å². The number of thioether (sulfide) groups is 1. The van der Waals surface area contributed by atoms with Crippen molar-refractivity contribution < 1.29 is 10.2 Å². The molecule has 1 aromatic rings. The molecule has 0 aliphatic heterocycles. The van der Waals surface area contributed by atoms with Gasteiger partial charge in [0.25, 0.3) is 0 Å². The Balaban J connectivity index is 2.20. The molecule has 1 heterocycles. The van der Waals surface area contributed by atoms with Crippen molar-refractivity contribution in [3.63, 3.8) is 0 Å². The summed E-state index contributed by atoms with van der Waals surface area (Å²) in [5.41, 5.74) is 1.26. The molecule has 0 aromatic carbocycles. The number of hydrogen-bond acceptors (Lipinski definition) is 4. The molecule has 0 bridgehead atoms. The van der Waals surface area contributed by atoms with Crippen LogP contribution in [0.4, 0.5) is 0 Å². The summed E-state index contributed by atoms with van der Waals surface area (Å²) in [6.07, 6.45) is -0.591. The Bertz CT molecular complexity index is 252. The Morgan fingerprint density at radius 1 is 1.62 bits per heavy atom. The van der Waals surface area contributed by atoms with E-state index >= 15 is 0 Å². The monoisotopic (exact) mass is 282 g/mol. The molecule has 0 saturated heterocycles. The molecule has 74 valence electrons. The van der Waals surface area contributed by atoms with Crippen LogP contribution in [0.3, 0.4) is 0 Å². The number of halogens is 1. The lowest BCUT2D eigenvalue weighted by atomic mass is 10.4. The molecule has 0 radical (unpaired) electrons. The minimum Gasteiger partial charge on any atom is -0.394 e. The number of hydrogen-bond donors (Lipinski definition) is 2. The molecule has 0 saturated carbocycles. The van der Waals surface area contributed by atoms with Gasteiger partial charge in [-0.3, -0.25) is 0 Å². The van der Waals surface area contributed by atoms with Gasteiger partial charge in [0.05, 0.1) is 16.5 Å². The van der Waals surface area contributed by atoms with E-state index in [4.69, 9.17) is 10.2 Å². The molecule has 1 atom stereocenters. The molecule has 0 aliphatic carbocycles. The van der Waals surface area contributed by atoms with Gasteiger partial charge in [0, 0.05) is 11.5 Å². The Labute approximate surface area is 94.1 Å². The predicted molar refractivity (Wildman–Crippen MR) is 61.3 cm³/mol. The predicted octanol–water partition coefficient (Wildman–Crippen LogP) is 2.10. The van der Waals surface area contributed by atoms with Crippen LogP contribution in [0, 0.1) is 0 Å². The van der Waals surface area contributed by atoms with Crippen molar-refractivity contribution in [3.8, 4) is 0 Å². The fourth-order valence-electron chi connectivity index (χ4n) is 0.787. The molecular weight excluding hydrogens is 272 g/mol. The van der Waals surface area contributed by atoms with Gasteiger partial charge in [-0.25, -0.2) is 0 Å². The fraction of sp³-hybridized carbons (Fsp3) is 0.500. The van der Waals surface area contributed by atoms with E-state index in [-0.39, 0.29) is 6.61 Å². The Morgan fingerprint density at radius 2 is 2.38 bits per heavy atom. The van der Waals surface area contributed by atoms with Gasteiger partial charge < -0.3 is 10.2 Å². The van der Waals surface area contributed by atoms with Gasteiger partial charge in [-0.1, -0.05) is 0 Å². The van der Waals surface area contributed by atoms with Crippen molar-refractivity contribution in [1.82, 2.24) is 0 Å². The maximum atomic E-state index is 9.06. The lowest BCUT2D eigenvalue weighted by Gasteiger charge is -2.04. The maximum absolute atomic E-state index is 9.06. The lowest BCUT2D eigenvalue weighted by molar-refractivity contribution is 0.113. The normalized spacial score (nSPS) is 13.2. The van der Waals surface area contributed by atoms with E-state index < -0.39 is 6.10 Å². The second kappa shape index (κ2) is 6.03. The van der Waals surface area contributed by atoms with Crippen molar-refractivity contribution in [2.75, 3.05) is 12.4 Å². The molecule has 1 unspecified atom stereocenters. The second-order valence-corrected chi connectivity index (χ2v) is 5.93. The molecule has 2 N–H and O–H groups in total. The first-order valence-corrected chi connectivity index (χ1v) is 6.64. The van der Waals surface area contributed by atoms with Crippen LogP contribution in [0.25, 0.3) is 0 Å². The first-order valence-electron chi connectivity index (χ1n) is 3.82. The minimum atomic E-state index is -0.591. The highest BCUT2D eigenvalue weighted by molar-refractivity contribution is 9.11. The average molecular weight is 283 g/mol. The zero-order chi connectivity index (χ0) is 9.68. The van der Waals surface area contributed by atoms with Crippen molar-refractivity contribution >= 4 is 39.0 Å². The molecule has 2 nitrogen and oxygen atoms in total. The summed E-state index contributed by atoms with van der Waals surface area (Å²) in [6, 6.07) is 2.07. The van der Waals surface area contributed by atoms with E-state index in [1.807, 2.05) is 0 Å². The maximum Gasteiger partial charge on any atom is 0.0861 e. The summed E-state index contributed by atoms with van der Waals surface area (Å²) >= 11 is 6.68. The van der Waals surface area contributed by atoms with E-state index in [2.05, 4.69) is 27.4 Å². The molecule has 0 spiro atoms. The molecule has 1 rings (SSSR count). The summed E-state index contributed by atoms with van der Waals surface area (Å²) in [5, 5.41) is 19.7. The Kier molecular flexibility index (Phi) is 5.35. The zero-order valence-corrected chi connectivity index (χ0v) is 10.2. The first-order chi connectivity index (χ1) is 6.22. The van der Waals surface area contributed by atoms with Gasteiger partial charge >= 0.3 is 0 Å². The van der Waals surface area contributed by atoms with Crippen molar-refractivity contribution in [2.45, 2.75) is 11.9 Å². The van der Waals surface area contributed by atoms with Crippen molar-refractivity contribution in [1.29, 1.82) is 0 Å². The van der Waals surface area contributed by atoms with Crippen LogP contribution in [0.1, 0.15) is 5.56 Å². The zero-order valence-electron chi connectivity index (χ0n) is 6.94. The Hall–Kier alpha value is 0.450. The Morgan fingerprint density at radius 3 is 2.92 bits per heavy atom. The third kappa shape index (κ3) is 4.46. The first kappa shape index (κ1) is 11.5. The van der Waals surface area contributed by atoms with Crippen LogP contribution >= 0.6 is 39.0 Å². The molecular formula is C8H11BrO2S2. The standard InChI is InChI=1S/C8H11BrO2S2/c9-8-1-6(4-13-8)3-12-5-7(11)2-10/h1,4,7,10-11H,2-3,5H2. The molecule has 0 fully saturated rings. The largest absolute Gasteiger partial charge is 0.394 e. The van der Waals surface area contributed by atoms with Crippen LogP contribution < -0.4 is 0 Å². The lowest BCUT2D eigenvalue weighted by Crippen LogP contribution is -2.14.